The number of nitrogens with zero attached hydrogens (tertiary/aromatic N) is 2. The van der Waals surface area contributed by atoms with E-state index < -0.39 is 6.04 Å². The summed E-state index contributed by atoms with van der Waals surface area (Å²) in [5.74, 6) is -0.174. The van der Waals surface area contributed by atoms with Gasteiger partial charge in [0.25, 0.3) is 5.91 Å². The Balaban J connectivity index is 2.17. The molecule has 1 aromatic carbocycles. The van der Waals surface area contributed by atoms with Crippen LogP contribution in [0.4, 0.5) is 0 Å². The number of hydrogen-bond acceptors (Lipinski definition) is 5. The topological polar surface area (TPSA) is 91.0 Å². The molecule has 1 atom stereocenters. The molecule has 1 aliphatic heterocycles. The Labute approximate surface area is 185 Å². The van der Waals surface area contributed by atoms with E-state index in [1.54, 1.807) is 30.1 Å². The van der Waals surface area contributed by atoms with E-state index in [1.807, 2.05) is 25.1 Å². The van der Waals surface area contributed by atoms with Crippen LogP contribution >= 0.6 is 0 Å². The van der Waals surface area contributed by atoms with Crippen LogP contribution in [0.15, 0.2) is 24.3 Å². The number of fused-ring (bicyclic) bond motifs is 1. The number of amides is 3. The average Bonchev–Trinajstić information content (AvgIpc) is 2.74. The van der Waals surface area contributed by atoms with Crippen molar-refractivity contribution in [2.45, 2.75) is 44.6 Å². The summed E-state index contributed by atoms with van der Waals surface area (Å²) in [5.41, 5.74) is 0.393. The van der Waals surface area contributed by atoms with E-state index in [2.05, 4.69) is 10.6 Å². The lowest BCUT2D eigenvalue weighted by atomic mass is 10.1. The Bertz CT molecular complexity index is 738. The average molecular weight is 433 g/mol. The van der Waals surface area contributed by atoms with Crippen molar-refractivity contribution in [3.63, 3.8) is 0 Å². The van der Waals surface area contributed by atoms with Gasteiger partial charge in [-0.1, -0.05) is 25.0 Å². The molecule has 0 aromatic heterocycles. The third-order valence-electron chi connectivity index (χ3n) is 5.33. The normalized spacial score (nSPS) is 19.4. The molecular weight excluding hydrogens is 396 g/mol. The number of carbonyl (C=O) groups excluding carboxylic acids is 3. The van der Waals surface area contributed by atoms with Gasteiger partial charge in [-0.05, 0) is 45.5 Å². The monoisotopic (exact) mass is 432 g/mol. The van der Waals surface area contributed by atoms with Crippen molar-refractivity contribution < 1.29 is 19.1 Å². The molecule has 2 rings (SSSR count). The first-order chi connectivity index (χ1) is 14.9. The zero-order valence-electron chi connectivity index (χ0n) is 19.0. The van der Waals surface area contributed by atoms with Crippen molar-refractivity contribution in [1.82, 2.24) is 20.4 Å². The van der Waals surface area contributed by atoms with Crippen LogP contribution in [0, 0.1) is 0 Å². The maximum absolute atomic E-state index is 13.0. The highest BCUT2D eigenvalue weighted by Crippen LogP contribution is 2.19. The van der Waals surface area contributed by atoms with Crippen LogP contribution < -0.4 is 15.4 Å². The van der Waals surface area contributed by atoms with Crippen LogP contribution in [0.2, 0.25) is 0 Å². The van der Waals surface area contributed by atoms with Gasteiger partial charge < -0.3 is 25.2 Å². The zero-order valence-corrected chi connectivity index (χ0v) is 19.0. The molecular formula is C23H36N4O4. The minimum Gasteiger partial charge on any atom is -0.493 e. The summed E-state index contributed by atoms with van der Waals surface area (Å²) in [6, 6.07) is 6.25. The Kier molecular flexibility index (Phi) is 10.3. The van der Waals surface area contributed by atoms with Gasteiger partial charge in [-0.15, -0.1) is 0 Å². The number of rotatable bonds is 4. The third kappa shape index (κ3) is 8.57. The van der Waals surface area contributed by atoms with Crippen molar-refractivity contribution in [2.75, 3.05) is 47.4 Å². The van der Waals surface area contributed by atoms with Gasteiger partial charge in [-0.3, -0.25) is 14.4 Å². The van der Waals surface area contributed by atoms with E-state index in [1.165, 1.54) is 0 Å². The van der Waals surface area contributed by atoms with Gasteiger partial charge in [0.05, 0.1) is 12.2 Å². The summed E-state index contributed by atoms with van der Waals surface area (Å²) in [5, 5.41) is 5.67. The van der Waals surface area contributed by atoms with E-state index in [0.29, 0.717) is 37.6 Å². The molecule has 172 valence electrons. The van der Waals surface area contributed by atoms with Gasteiger partial charge in [-0.2, -0.15) is 0 Å². The minimum absolute atomic E-state index is 0.0174. The number of carbonyl (C=O) groups is 3. The molecule has 1 aliphatic rings. The number of nitrogens with one attached hydrogen (secondary N) is 2. The van der Waals surface area contributed by atoms with Crippen LogP contribution in [0.25, 0.3) is 0 Å². The van der Waals surface area contributed by atoms with Crippen LogP contribution in [0.5, 0.6) is 5.75 Å². The highest BCUT2D eigenvalue weighted by atomic mass is 16.5. The molecule has 2 N–H and O–H groups in total. The standard InChI is InChI=1S/C23H36N4O4/c1-26(2)16-14-24-23(30)19-12-13-21(28)27(3)15-8-4-5-9-17-31-20-11-7-6-10-18(20)22(29)25-19/h6-7,10-11,19H,4-5,8-9,12-17H2,1-3H3,(H,24,30)(H,25,29)/t19-/m0/s1. The molecule has 0 saturated heterocycles. The molecule has 8 heteroatoms. The van der Waals surface area contributed by atoms with Gasteiger partial charge in [0, 0.05) is 33.1 Å². The molecule has 8 nitrogen and oxygen atoms in total. The summed E-state index contributed by atoms with van der Waals surface area (Å²) in [6.07, 6.45) is 4.27. The summed E-state index contributed by atoms with van der Waals surface area (Å²) in [7, 11) is 5.63. The quantitative estimate of drug-likeness (QED) is 0.755. The molecule has 1 heterocycles. The van der Waals surface area contributed by atoms with Gasteiger partial charge in [0.1, 0.15) is 11.8 Å². The van der Waals surface area contributed by atoms with Gasteiger partial charge in [-0.25, -0.2) is 0 Å². The molecule has 1 aromatic rings. The number of likely N-dealkylation sites (N-methyl/N-ethyl adjacent to an activating group) is 1. The Morgan fingerprint density at radius 2 is 1.94 bits per heavy atom. The predicted molar refractivity (Wildman–Crippen MR) is 120 cm³/mol. The maximum Gasteiger partial charge on any atom is 0.255 e. The number of ether oxygens (including phenoxy) is 1. The first-order valence-corrected chi connectivity index (χ1v) is 11.1. The Hall–Kier alpha value is -2.61. The largest absolute Gasteiger partial charge is 0.493 e. The summed E-state index contributed by atoms with van der Waals surface area (Å²) in [4.78, 5) is 41.9. The molecule has 0 saturated carbocycles. The van der Waals surface area contributed by atoms with Crippen LogP contribution in [0.3, 0.4) is 0 Å². The number of para-hydroxylation sites is 1. The van der Waals surface area contributed by atoms with Crippen molar-refractivity contribution in [3.8, 4) is 5.75 Å². The third-order valence-corrected chi connectivity index (χ3v) is 5.33. The molecule has 0 bridgehead atoms. The van der Waals surface area contributed by atoms with Crippen molar-refractivity contribution in [1.29, 1.82) is 0 Å². The molecule has 0 unspecified atom stereocenters. The maximum atomic E-state index is 13.0. The number of hydrogen-bond donors (Lipinski definition) is 2. The van der Waals surface area contributed by atoms with E-state index in [4.69, 9.17) is 4.74 Å². The number of benzene rings is 1. The lowest BCUT2D eigenvalue weighted by molar-refractivity contribution is -0.130. The summed E-state index contributed by atoms with van der Waals surface area (Å²) in [6.45, 7) is 2.36. The van der Waals surface area contributed by atoms with Crippen LogP contribution in [-0.2, 0) is 9.59 Å². The first-order valence-electron chi connectivity index (χ1n) is 11.1. The van der Waals surface area contributed by atoms with Gasteiger partial charge in [0.2, 0.25) is 11.8 Å². The molecule has 0 aliphatic carbocycles. The second-order valence-electron chi connectivity index (χ2n) is 8.23. The zero-order chi connectivity index (χ0) is 22.6. The fourth-order valence-corrected chi connectivity index (χ4v) is 3.38. The minimum atomic E-state index is -0.798. The van der Waals surface area contributed by atoms with Crippen molar-refractivity contribution >= 4 is 17.7 Å². The van der Waals surface area contributed by atoms with Gasteiger partial charge >= 0.3 is 0 Å². The molecule has 31 heavy (non-hydrogen) atoms. The lowest BCUT2D eigenvalue weighted by Crippen LogP contribution is -2.48. The molecule has 3 amide bonds. The lowest BCUT2D eigenvalue weighted by Gasteiger charge is -2.22. The van der Waals surface area contributed by atoms with Crippen LogP contribution in [0.1, 0.15) is 48.9 Å². The smallest absolute Gasteiger partial charge is 0.255 e. The second kappa shape index (κ2) is 12.9. The highest BCUT2D eigenvalue weighted by Gasteiger charge is 2.24. The van der Waals surface area contributed by atoms with E-state index in [0.717, 1.165) is 25.7 Å². The molecule has 0 radical (unpaired) electrons. The fourth-order valence-electron chi connectivity index (χ4n) is 3.38. The highest BCUT2D eigenvalue weighted by molar-refractivity contribution is 5.99. The van der Waals surface area contributed by atoms with Crippen molar-refractivity contribution in [2.24, 2.45) is 0 Å². The van der Waals surface area contributed by atoms with Crippen molar-refractivity contribution in [3.05, 3.63) is 29.8 Å². The van der Waals surface area contributed by atoms with E-state index in [9.17, 15) is 14.4 Å². The first kappa shape index (κ1) is 24.7. The Morgan fingerprint density at radius 3 is 2.71 bits per heavy atom. The van der Waals surface area contributed by atoms with Crippen LogP contribution in [-0.4, -0.2) is 80.9 Å². The van der Waals surface area contributed by atoms with E-state index >= 15 is 0 Å². The van der Waals surface area contributed by atoms with E-state index in [-0.39, 0.29) is 30.6 Å². The second-order valence-corrected chi connectivity index (χ2v) is 8.23. The summed E-state index contributed by atoms with van der Waals surface area (Å²) < 4.78 is 5.85. The molecule has 0 spiro atoms. The molecule has 0 fully saturated rings. The fraction of sp³-hybridized carbons (Fsp3) is 0.609. The SMILES string of the molecule is CN(C)CCNC(=O)[C@@H]1CCC(=O)N(C)CCCCCCOc2ccccc2C(=O)N1. The Morgan fingerprint density at radius 1 is 1.19 bits per heavy atom. The van der Waals surface area contributed by atoms with Gasteiger partial charge in [0.15, 0.2) is 0 Å². The summed E-state index contributed by atoms with van der Waals surface area (Å²) >= 11 is 0. The predicted octanol–water partition coefficient (Wildman–Crippen LogP) is 1.65.